The highest BCUT2D eigenvalue weighted by Gasteiger charge is 2.29. The van der Waals surface area contributed by atoms with E-state index in [-0.39, 0.29) is 18.1 Å². The van der Waals surface area contributed by atoms with Gasteiger partial charge >= 0.3 is 0 Å². The van der Waals surface area contributed by atoms with Crippen molar-refractivity contribution in [3.05, 3.63) is 23.8 Å². The van der Waals surface area contributed by atoms with Crippen molar-refractivity contribution in [1.29, 1.82) is 0 Å². The monoisotopic (exact) mass is 168 g/mol. The fourth-order valence-corrected chi connectivity index (χ4v) is 1.42. The molecule has 0 amide bonds. The van der Waals surface area contributed by atoms with Gasteiger partial charge in [0.2, 0.25) is 0 Å². The van der Waals surface area contributed by atoms with E-state index in [1.807, 2.05) is 19.9 Å². The summed E-state index contributed by atoms with van der Waals surface area (Å²) in [5.74, 6) is 0. The van der Waals surface area contributed by atoms with E-state index in [9.17, 15) is 5.11 Å². The first kappa shape index (κ1) is 9.49. The van der Waals surface area contributed by atoms with Gasteiger partial charge in [-0.25, -0.2) is 0 Å². The molecule has 1 aliphatic carbocycles. The van der Waals surface area contributed by atoms with Crippen molar-refractivity contribution in [2.24, 2.45) is 5.41 Å². The SMILES string of the molecule is CC1(C)C/C(=C\CO)C=C[C@H]1O. The van der Waals surface area contributed by atoms with E-state index in [2.05, 4.69) is 0 Å². The van der Waals surface area contributed by atoms with Gasteiger partial charge in [-0.2, -0.15) is 0 Å². The van der Waals surface area contributed by atoms with Gasteiger partial charge < -0.3 is 10.2 Å². The normalized spacial score (nSPS) is 31.0. The summed E-state index contributed by atoms with van der Waals surface area (Å²) in [7, 11) is 0. The lowest BCUT2D eigenvalue weighted by Gasteiger charge is -2.32. The molecular weight excluding hydrogens is 152 g/mol. The number of hydrogen-bond donors (Lipinski definition) is 2. The molecule has 0 fully saturated rings. The van der Waals surface area contributed by atoms with Crippen LogP contribution in [-0.4, -0.2) is 22.9 Å². The van der Waals surface area contributed by atoms with Gasteiger partial charge in [0.25, 0.3) is 0 Å². The van der Waals surface area contributed by atoms with Crippen LogP contribution in [0.2, 0.25) is 0 Å². The van der Waals surface area contributed by atoms with Crippen LogP contribution in [0.3, 0.4) is 0 Å². The minimum absolute atomic E-state index is 0.0752. The molecule has 1 atom stereocenters. The Morgan fingerprint density at radius 1 is 1.67 bits per heavy atom. The summed E-state index contributed by atoms with van der Waals surface area (Å²) in [5, 5.41) is 18.2. The second-order valence-corrected chi connectivity index (χ2v) is 3.93. The Balaban J connectivity index is 2.79. The predicted molar refractivity (Wildman–Crippen MR) is 48.7 cm³/mol. The smallest absolute Gasteiger partial charge is 0.0778 e. The predicted octanol–water partition coefficient (Wildman–Crippen LogP) is 1.25. The molecule has 2 N–H and O–H groups in total. The van der Waals surface area contributed by atoms with Crippen molar-refractivity contribution in [1.82, 2.24) is 0 Å². The van der Waals surface area contributed by atoms with Gasteiger partial charge in [0.05, 0.1) is 12.7 Å². The van der Waals surface area contributed by atoms with Crippen LogP contribution in [0.1, 0.15) is 20.3 Å². The number of aliphatic hydroxyl groups is 2. The van der Waals surface area contributed by atoms with Gasteiger partial charge in [0.15, 0.2) is 0 Å². The summed E-state index contributed by atoms with van der Waals surface area (Å²) < 4.78 is 0. The Morgan fingerprint density at radius 2 is 2.33 bits per heavy atom. The van der Waals surface area contributed by atoms with E-state index in [1.165, 1.54) is 0 Å². The Labute approximate surface area is 73.2 Å². The first-order chi connectivity index (χ1) is 5.56. The maximum atomic E-state index is 9.55. The molecule has 0 aromatic rings. The van der Waals surface area contributed by atoms with Crippen LogP contribution in [0.5, 0.6) is 0 Å². The summed E-state index contributed by atoms with van der Waals surface area (Å²) in [4.78, 5) is 0. The number of rotatable bonds is 1. The minimum atomic E-state index is -0.367. The average molecular weight is 168 g/mol. The zero-order valence-electron chi connectivity index (χ0n) is 7.62. The summed E-state index contributed by atoms with van der Waals surface area (Å²) in [6.45, 7) is 4.12. The van der Waals surface area contributed by atoms with Crippen LogP contribution in [-0.2, 0) is 0 Å². The quantitative estimate of drug-likeness (QED) is 0.618. The molecule has 2 nitrogen and oxygen atoms in total. The maximum absolute atomic E-state index is 9.55. The summed E-state index contributed by atoms with van der Waals surface area (Å²) in [5.41, 5.74) is 1.00. The van der Waals surface area contributed by atoms with Crippen LogP contribution in [0.4, 0.5) is 0 Å². The highest BCUT2D eigenvalue weighted by molar-refractivity contribution is 5.26. The lowest BCUT2D eigenvalue weighted by atomic mass is 9.76. The van der Waals surface area contributed by atoms with Gasteiger partial charge in [0.1, 0.15) is 0 Å². The molecule has 1 aliphatic rings. The number of allylic oxidation sites excluding steroid dienone is 2. The van der Waals surface area contributed by atoms with Crippen molar-refractivity contribution >= 4 is 0 Å². The number of hydrogen-bond acceptors (Lipinski definition) is 2. The molecule has 0 aromatic heterocycles. The third-order valence-corrected chi connectivity index (χ3v) is 2.31. The topological polar surface area (TPSA) is 40.5 Å². The molecule has 0 radical (unpaired) electrons. The van der Waals surface area contributed by atoms with Gasteiger partial charge in [-0.05, 0) is 17.4 Å². The van der Waals surface area contributed by atoms with Crippen molar-refractivity contribution in [3.8, 4) is 0 Å². The third-order valence-electron chi connectivity index (χ3n) is 2.31. The first-order valence-electron chi connectivity index (χ1n) is 4.22. The molecule has 0 spiro atoms. The molecule has 0 unspecified atom stereocenters. The van der Waals surface area contributed by atoms with E-state index in [0.717, 1.165) is 12.0 Å². The third kappa shape index (κ3) is 1.96. The fraction of sp³-hybridized carbons (Fsp3) is 0.600. The van der Waals surface area contributed by atoms with Gasteiger partial charge in [-0.15, -0.1) is 0 Å². The highest BCUT2D eigenvalue weighted by Crippen LogP contribution is 2.34. The van der Waals surface area contributed by atoms with Crippen molar-refractivity contribution in [3.63, 3.8) is 0 Å². The van der Waals surface area contributed by atoms with E-state index in [1.54, 1.807) is 12.2 Å². The van der Waals surface area contributed by atoms with Gasteiger partial charge in [-0.3, -0.25) is 0 Å². The van der Waals surface area contributed by atoms with Crippen molar-refractivity contribution in [2.45, 2.75) is 26.4 Å². The number of aliphatic hydroxyl groups excluding tert-OH is 2. The second-order valence-electron chi connectivity index (χ2n) is 3.93. The average Bonchev–Trinajstić information content (AvgIpc) is 1.97. The molecule has 0 aromatic carbocycles. The molecule has 68 valence electrons. The molecule has 0 bridgehead atoms. The van der Waals surface area contributed by atoms with Gasteiger partial charge in [0, 0.05) is 0 Å². The molecule has 12 heavy (non-hydrogen) atoms. The zero-order valence-corrected chi connectivity index (χ0v) is 7.62. The van der Waals surface area contributed by atoms with E-state index < -0.39 is 0 Å². The first-order valence-corrected chi connectivity index (χ1v) is 4.22. The Morgan fingerprint density at radius 3 is 2.83 bits per heavy atom. The van der Waals surface area contributed by atoms with Crippen LogP contribution < -0.4 is 0 Å². The van der Waals surface area contributed by atoms with E-state index >= 15 is 0 Å². The summed E-state index contributed by atoms with van der Waals surface area (Å²) in [6, 6.07) is 0. The highest BCUT2D eigenvalue weighted by atomic mass is 16.3. The fourth-order valence-electron chi connectivity index (χ4n) is 1.42. The zero-order chi connectivity index (χ0) is 9.19. The van der Waals surface area contributed by atoms with Crippen LogP contribution in [0, 0.1) is 5.41 Å². The van der Waals surface area contributed by atoms with Crippen LogP contribution in [0.15, 0.2) is 23.8 Å². The lowest BCUT2D eigenvalue weighted by molar-refractivity contribution is 0.0868. The maximum Gasteiger partial charge on any atom is 0.0778 e. The van der Waals surface area contributed by atoms with Crippen LogP contribution >= 0.6 is 0 Å². The standard InChI is InChI=1S/C10H16O2/c1-10(2)7-8(5-6-11)3-4-9(10)12/h3-5,9,11-12H,6-7H2,1-2H3/b8-5-/t9-/m1/s1. The van der Waals surface area contributed by atoms with Crippen LogP contribution in [0.25, 0.3) is 0 Å². The largest absolute Gasteiger partial charge is 0.392 e. The van der Waals surface area contributed by atoms with E-state index in [4.69, 9.17) is 5.11 Å². The molecule has 1 rings (SSSR count). The van der Waals surface area contributed by atoms with E-state index in [0.29, 0.717) is 0 Å². The molecular formula is C10H16O2. The van der Waals surface area contributed by atoms with Crippen molar-refractivity contribution in [2.75, 3.05) is 6.61 Å². The summed E-state index contributed by atoms with van der Waals surface area (Å²) >= 11 is 0. The molecule has 0 heterocycles. The molecule has 0 saturated heterocycles. The molecule has 0 aliphatic heterocycles. The molecule has 2 heteroatoms. The summed E-state index contributed by atoms with van der Waals surface area (Å²) in [6.07, 6.45) is 5.90. The second kappa shape index (κ2) is 3.42. The van der Waals surface area contributed by atoms with Gasteiger partial charge in [-0.1, -0.05) is 32.1 Å². The molecule has 0 saturated carbocycles. The lowest BCUT2D eigenvalue weighted by Crippen LogP contribution is -2.30. The Kier molecular flexibility index (Phi) is 2.70. The Hall–Kier alpha value is -0.600. The Bertz CT molecular complexity index is 214. The van der Waals surface area contributed by atoms with Crippen molar-refractivity contribution < 1.29 is 10.2 Å². The minimum Gasteiger partial charge on any atom is -0.392 e.